The van der Waals surface area contributed by atoms with E-state index in [0.717, 1.165) is 45.3 Å². The molecule has 434 valence electrons. The summed E-state index contributed by atoms with van der Waals surface area (Å²) in [7, 11) is 4.45. The van der Waals surface area contributed by atoms with Gasteiger partial charge in [-0.05, 0) is 25.7 Å². The molecule has 0 aliphatic heterocycles. The van der Waals surface area contributed by atoms with Crippen molar-refractivity contribution < 1.29 is 28.5 Å². The SMILES string of the molecule is CCCCCCCCCCCCCCOCC(CC(O)C[N+](C)(C)C(CC)(OCCCCCCCCCCCCCC)OCCCCCCCCCCCCCC)OCCCCCCCCCCCCCC. The first kappa shape index (κ1) is 71.8. The van der Waals surface area contributed by atoms with E-state index in [2.05, 4.69) is 48.7 Å². The Bertz CT molecular complexity index is 978. The van der Waals surface area contributed by atoms with Crippen LogP contribution in [0.15, 0.2) is 0 Å². The zero-order valence-corrected chi connectivity index (χ0v) is 50.8. The molecule has 6 nitrogen and oxygen atoms in total. The van der Waals surface area contributed by atoms with Crippen molar-refractivity contribution >= 4 is 0 Å². The lowest BCUT2D eigenvalue weighted by Crippen LogP contribution is -2.65. The molecule has 2 atom stereocenters. The van der Waals surface area contributed by atoms with Crippen LogP contribution in [0.4, 0.5) is 0 Å². The van der Waals surface area contributed by atoms with Gasteiger partial charge in [-0.15, -0.1) is 0 Å². The summed E-state index contributed by atoms with van der Waals surface area (Å²) in [5.74, 6) is -0.785. The van der Waals surface area contributed by atoms with E-state index in [9.17, 15) is 5.11 Å². The maximum absolute atomic E-state index is 11.9. The number of likely N-dealkylation sites (N-methyl/N-ethyl adjacent to an activating group) is 1. The molecular weight excluding hydrogens is 887 g/mol. The van der Waals surface area contributed by atoms with Gasteiger partial charge in [0.25, 0.3) is 0 Å². The molecule has 6 heteroatoms. The number of nitrogens with zero attached hydrogens (tertiary/aromatic N) is 1. The summed E-state index contributed by atoms with van der Waals surface area (Å²) in [4.78, 5) is 0. The van der Waals surface area contributed by atoms with Crippen LogP contribution in [-0.4, -0.2) is 81.4 Å². The van der Waals surface area contributed by atoms with E-state index < -0.39 is 12.0 Å². The van der Waals surface area contributed by atoms with Crippen LogP contribution < -0.4 is 0 Å². The van der Waals surface area contributed by atoms with E-state index in [-0.39, 0.29) is 6.10 Å². The third-order valence-electron chi connectivity index (χ3n) is 16.0. The Kier molecular flexibility index (Phi) is 56.8. The normalized spacial score (nSPS) is 13.2. The first-order valence-electron chi connectivity index (χ1n) is 33.3. The number of rotatable bonds is 63. The highest BCUT2D eigenvalue weighted by atomic mass is 16.7. The van der Waals surface area contributed by atoms with E-state index in [4.69, 9.17) is 18.9 Å². The minimum Gasteiger partial charge on any atom is -0.387 e. The van der Waals surface area contributed by atoms with Gasteiger partial charge >= 0.3 is 5.91 Å². The van der Waals surface area contributed by atoms with Gasteiger partial charge in [0, 0.05) is 19.6 Å². The van der Waals surface area contributed by atoms with Crippen molar-refractivity contribution in [1.82, 2.24) is 0 Å². The Morgan fingerprint density at radius 1 is 0.333 bits per heavy atom. The molecule has 0 aliphatic carbocycles. The fourth-order valence-corrected chi connectivity index (χ4v) is 11.1. The van der Waals surface area contributed by atoms with Gasteiger partial charge in [-0.2, -0.15) is 0 Å². The highest BCUT2D eigenvalue weighted by Gasteiger charge is 2.48. The molecule has 1 N–H and O–H groups in total. The second-order valence-electron chi connectivity index (χ2n) is 23.6. The summed E-state index contributed by atoms with van der Waals surface area (Å²) in [5.41, 5.74) is 0. The maximum atomic E-state index is 11.9. The smallest absolute Gasteiger partial charge is 0.318 e. The number of aliphatic hydroxyl groups is 1. The summed E-state index contributed by atoms with van der Waals surface area (Å²) in [6.07, 6.45) is 65.0. The van der Waals surface area contributed by atoms with E-state index >= 15 is 0 Å². The lowest BCUT2D eigenvalue weighted by atomic mass is 10.1. The van der Waals surface area contributed by atoms with Crippen LogP contribution >= 0.6 is 0 Å². The highest BCUT2D eigenvalue weighted by molar-refractivity contribution is 4.69. The Morgan fingerprint density at radius 2 is 0.583 bits per heavy atom. The molecule has 0 rings (SSSR count). The van der Waals surface area contributed by atoms with Crippen LogP contribution in [0.3, 0.4) is 0 Å². The lowest BCUT2D eigenvalue weighted by Gasteiger charge is -2.47. The Morgan fingerprint density at radius 3 is 0.861 bits per heavy atom. The monoisotopic (exact) mass is 1020 g/mol. The fraction of sp³-hybridized carbons (Fsp3) is 1.00. The molecule has 0 amide bonds. The van der Waals surface area contributed by atoms with Gasteiger partial charge in [-0.3, -0.25) is 4.48 Å². The van der Waals surface area contributed by atoms with E-state index in [1.807, 2.05) is 0 Å². The molecule has 0 spiro atoms. The summed E-state index contributed by atoms with van der Waals surface area (Å²) in [6.45, 7) is 15.5. The molecule has 0 fully saturated rings. The van der Waals surface area contributed by atoms with Gasteiger partial charge in [0.15, 0.2) is 0 Å². The van der Waals surface area contributed by atoms with Crippen molar-refractivity contribution in [1.29, 1.82) is 0 Å². The van der Waals surface area contributed by atoms with Crippen LogP contribution in [0.25, 0.3) is 0 Å². The third kappa shape index (κ3) is 47.0. The molecule has 2 unspecified atom stereocenters. The minimum atomic E-state index is -0.785. The molecule has 0 bridgehead atoms. The van der Waals surface area contributed by atoms with E-state index in [1.54, 1.807) is 0 Å². The van der Waals surface area contributed by atoms with Crippen LogP contribution in [0.2, 0.25) is 0 Å². The first-order valence-corrected chi connectivity index (χ1v) is 33.3. The molecule has 72 heavy (non-hydrogen) atoms. The number of hydrogen-bond acceptors (Lipinski definition) is 5. The number of unbranched alkanes of at least 4 members (excludes halogenated alkanes) is 44. The number of hydrogen-bond donors (Lipinski definition) is 1. The van der Waals surface area contributed by atoms with Gasteiger partial charge in [-0.1, -0.05) is 317 Å². The first-order chi connectivity index (χ1) is 35.3. The standard InChI is InChI=1S/C66H136NO5/c1-8-13-17-21-25-29-33-37-41-45-49-53-57-69-63-65(70-58-54-50-46-42-38-34-30-26-22-18-14-9-2)61-64(68)62-67(6,7)66(12-5,71-59-55-51-47-43-39-35-31-27-23-19-15-10-3)72-60-56-52-48-44-40-36-32-28-24-20-16-11-4/h64-65,68H,8-63H2,1-7H3/q+1. The minimum absolute atomic E-state index is 0.106. The molecule has 0 aliphatic rings. The molecule has 0 saturated carbocycles. The summed E-state index contributed by atoms with van der Waals surface area (Å²) < 4.78 is 27.3. The Labute approximate surface area is 454 Å². The average Bonchev–Trinajstić information content (AvgIpc) is 3.37. The largest absolute Gasteiger partial charge is 0.387 e. The molecule has 0 saturated heterocycles. The van der Waals surface area contributed by atoms with Crippen molar-refractivity contribution in [2.45, 2.75) is 374 Å². The van der Waals surface area contributed by atoms with Crippen molar-refractivity contribution in [3.8, 4) is 0 Å². The predicted molar refractivity (Wildman–Crippen MR) is 317 cm³/mol. The molecule has 0 radical (unpaired) electrons. The summed E-state index contributed by atoms with van der Waals surface area (Å²) in [5, 5.41) is 11.9. The molecule has 0 aromatic heterocycles. The summed E-state index contributed by atoms with van der Waals surface area (Å²) in [6, 6.07) is 0. The zero-order chi connectivity index (χ0) is 52.6. The van der Waals surface area contributed by atoms with Crippen LogP contribution in [-0.2, 0) is 18.9 Å². The van der Waals surface area contributed by atoms with Gasteiger partial charge < -0.3 is 24.1 Å². The molecule has 0 aromatic rings. The van der Waals surface area contributed by atoms with Crippen molar-refractivity contribution in [3.63, 3.8) is 0 Å². The number of ether oxygens (including phenoxy) is 4. The van der Waals surface area contributed by atoms with E-state index in [0.29, 0.717) is 37.3 Å². The Balaban J connectivity index is 5.30. The van der Waals surface area contributed by atoms with E-state index in [1.165, 1.54) is 283 Å². The number of aliphatic hydroxyl groups excluding tert-OH is 1. The lowest BCUT2D eigenvalue weighted by molar-refractivity contribution is -0.999. The van der Waals surface area contributed by atoms with Gasteiger partial charge in [-0.25, -0.2) is 0 Å². The van der Waals surface area contributed by atoms with Crippen molar-refractivity contribution in [2.24, 2.45) is 0 Å². The second-order valence-corrected chi connectivity index (χ2v) is 23.6. The fourth-order valence-electron chi connectivity index (χ4n) is 11.1. The van der Waals surface area contributed by atoms with Crippen LogP contribution in [0.5, 0.6) is 0 Å². The van der Waals surface area contributed by atoms with Crippen molar-refractivity contribution in [3.05, 3.63) is 0 Å². The van der Waals surface area contributed by atoms with Crippen LogP contribution in [0, 0.1) is 0 Å². The zero-order valence-electron chi connectivity index (χ0n) is 50.8. The number of quaternary nitrogens is 1. The van der Waals surface area contributed by atoms with Gasteiger partial charge in [0.2, 0.25) is 0 Å². The average molecular weight is 1020 g/mol. The Hall–Kier alpha value is -0.240. The second kappa shape index (κ2) is 56.9. The summed E-state index contributed by atoms with van der Waals surface area (Å²) >= 11 is 0. The van der Waals surface area contributed by atoms with Gasteiger partial charge in [0.1, 0.15) is 12.6 Å². The van der Waals surface area contributed by atoms with Crippen molar-refractivity contribution in [2.75, 3.05) is 53.7 Å². The molecule has 0 heterocycles. The quantitative estimate of drug-likeness (QED) is 0.0374. The molecular formula is C66H136NO5+. The van der Waals surface area contributed by atoms with Gasteiger partial charge in [0.05, 0.1) is 46.4 Å². The van der Waals surface area contributed by atoms with Crippen LogP contribution in [0.1, 0.15) is 356 Å². The predicted octanol–water partition coefficient (Wildman–Crippen LogP) is 21.1. The maximum Gasteiger partial charge on any atom is 0.318 e. The molecule has 0 aromatic carbocycles. The third-order valence-corrected chi connectivity index (χ3v) is 16.0. The topological polar surface area (TPSA) is 57.2 Å². The highest BCUT2D eigenvalue weighted by Crippen LogP contribution is 2.31.